The van der Waals surface area contributed by atoms with Gasteiger partial charge in [0, 0.05) is 22.3 Å². The van der Waals surface area contributed by atoms with Gasteiger partial charge in [0.1, 0.15) is 5.84 Å². The van der Waals surface area contributed by atoms with E-state index in [9.17, 15) is 0 Å². The molecule has 55 heavy (non-hydrogen) atoms. The molecule has 1 aliphatic rings. The summed E-state index contributed by atoms with van der Waals surface area (Å²) in [6.45, 7) is 2.28. The van der Waals surface area contributed by atoms with Crippen LogP contribution in [0.1, 0.15) is 30.5 Å². The highest BCUT2D eigenvalue weighted by molar-refractivity contribution is 6.18. The smallest absolute Gasteiger partial charge is 0.157 e. The molecule has 2 unspecified atom stereocenters. The molecule has 0 spiro atoms. The summed E-state index contributed by atoms with van der Waals surface area (Å²) in [6.07, 6.45) is 0.870. The van der Waals surface area contributed by atoms with Gasteiger partial charge in [-0.3, -0.25) is 9.56 Å². The molecule has 2 heterocycles. The Balaban J connectivity index is 1.20. The monoisotopic (exact) mass is 705 g/mol. The number of hydrogen-bond acceptors (Lipinski definition) is 2. The van der Waals surface area contributed by atoms with E-state index in [-0.39, 0.29) is 12.0 Å². The van der Waals surface area contributed by atoms with E-state index in [1.54, 1.807) is 0 Å². The number of fused-ring (bicyclic) bond motifs is 4. The van der Waals surface area contributed by atoms with Crippen molar-refractivity contribution < 1.29 is 0 Å². The zero-order valence-corrected chi connectivity index (χ0v) is 30.7. The Labute approximate surface area is 321 Å². The maximum absolute atomic E-state index is 5.66. The summed E-state index contributed by atoms with van der Waals surface area (Å²) < 4.78 is 2.41. The first kappa shape index (κ1) is 32.8. The van der Waals surface area contributed by atoms with E-state index in [0.717, 1.165) is 40.3 Å². The van der Waals surface area contributed by atoms with Crippen LogP contribution in [-0.2, 0) is 0 Å². The topological polar surface area (TPSA) is 29.6 Å². The van der Waals surface area contributed by atoms with Crippen molar-refractivity contribution in [2.45, 2.75) is 19.4 Å². The van der Waals surface area contributed by atoms with E-state index in [4.69, 9.17) is 9.98 Å². The molecule has 262 valence electrons. The third-order valence-corrected chi connectivity index (χ3v) is 11.2. The molecular formula is C52H39N3. The van der Waals surface area contributed by atoms with Crippen molar-refractivity contribution in [2.24, 2.45) is 15.9 Å². The van der Waals surface area contributed by atoms with Crippen LogP contribution in [0.3, 0.4) is 0 Å². The lowest BCUT2D eigenvalue weighted by molar-refractivity contribution is 0.523. The van der Waals surface area contributed by atoms with Crippen LogP contribution in [0.2, 0.25) is 0 Å². The van der Waals surface area contributed by atoms with Crippen molar-refractivity contribution >= 4 is 44.2 Å². The summed E-state index contributed by atoms with van der Waals surface area (Å²) in [6, 6.07) is 69.7. The Morgan fingerprint density at radius 2 is 0.964 bits per heavy atom. The van der Waals surface area contributed by atoms with Crippen LogP contribution in [0, 0.1) is 5.92 Å². The van der Waals surface area contributed by atoms with E-state index >= 15 is 0 Å². The molecule has 3 heteroatoms. The van der Waals surface area contributed by atoms with Gasteiger partial charge < -0.3 is 0 Å². The van der Waals surface area contributed by atoms with Crippen LogP contribution in [0.15, 0.2) is 204 Å². The molecule has 3 nitrogen and oxygen atoms in total. The lowest BCUT2D eigenvalue weighted by Crippen LogP contribution is -2.32. The standard InChI is InChI=1S/C52H39N3/c1-2-45-50(44-33-42(35-16-5-3-6-17-35)32-43(34-44)36-18-7-4-8-19-36)53-51(41-23-15-22-39(31-41)40-29-28-37-20-9-10-21-38(37)30-40)54-52(45)55-48-26-13-11-24-46(48)47-25-12-14-27-49(47)55/h3-34,45,50H,2H2,1H3. The number of nitrogens with zero attached hydrogens (tertiary/aromatic N) is 3. The quantitative estimate of drug-likeness (QED) is 0.165. The van der Waals surface area contributed by atoms with Crippen LogP contribution >= 0.6 is 0 Å². The van der Waals surface area contributed by atoms with Gasteiger partial charge >= 0.3 is 0 Å². The highest BCUT2D eigenvalue weighted by Gasteiger charge is 2.34. The first-order valence-electron chi connectivity index (χ1n) is 19.2. The summed E-state index contributed by atoms with van der Waals surface area (Å²) in [5.74, 6) is 1.79. The third kappa shape index (κ3) is 5.95. The second kappa shape index (κ2) is 13.9. The van der Waals surface area contributed by atoms with Crippen molar-refractivity contribution in [3.63, 3.8) is 0 Å². The van der Waals surface area contributed by atoms with Crippen LogP contribution < -0.4 is 0 Å². The van der Waals surface area contributed by atoms with Gasteiger partial charge in [0.25, 0.3) is 0 Å². The van der Waals surface area contributed by atoms with Crippen molar-refractivity contribution in [1.82, 2.24) is 4.57 Å². The zero-order chi connectivity index (χ0) is 36.7. The highest BCUT2D eigenvalue weighted by atomic mass is 15.1. The molecule has 9 aromatic rings. The molecular weight excluding hydrogens is 667 g/mol. The summed E-state index contributed by atoms with van der Waals surface area (Å²) >= 11 is 0. The predicted octanol–water partition coefficient (Wildman–Crippen LogP) is 13.4. The van der Waals surface area contributed by atoms with E-state index in [1.165, 1.54) is 54.9 Å². The molecule has 10 rings (SSSR count). The first-order valence-corrected chi connectivity index (χ1v) is 19.2. The minimum atomic E-state index is -0.178. The van der Waals surface area contributed by atoms with E-state index in [2.05, 4.69) is 206 Å². The number of para-hydroxylation sites is 2. The number of hydrogen-bond donors (Lipinski definition) is 0. The number of benzene rings is 8. The van der Waals surface area contributed by atoms with Crippen LogP contribution in [0.4, 0.5) is 0 Å². The van der Waals surface area contributed by atoms with Crippen LogP contribution in [0.25, 0.3) is 66.0 Å². The molecule has 0 fully saturated rings. The number of aliphatic imine (C=N–C) groups is 2. The third-order valence-electron chi connectivity index (χ3n) is 11.2. The molecule has 0 aliphatic carbocycles. The molecule has 0 bridgehead atoms. The normalized spacial score (nSPS) is 15.7. The van der Waals surface area contributed by atoms with E-state index < -0.39 is 0 Å². The molecule has 8 aromatic carbocycles. The second-order valence-electron chi connectivity index (χ2n) is 14.5. The Morgan fingerprint density at radius 3 is 1.62 bits per heavy atom. The molecule has 1 aromatic heterocycles. The van der Waals surface area contributed by atoms with Crippen LogP contribution in [-0.4, -0.2) is 16.2 Å². The molecule has 1 aliphatic heterocycles. The van der Waals surface area contributed by atoms with Crippen molar-refractivity contribution in [2.75, 3.05) is 0 Å². The minimum absolute atomic E-state index is 0.0151. The first-order chi connectivity index (χ1) is 27.2. The number of aromatic nitrogens is 1. The van der Waals surface area contributed by atoms with E-state index in [0.29, 0.717) is 0 Å². The fourth-order valence-electron chi connectivity index (χ4n) is 8.44. The highest BCUT2D eigenvalue weighted by Crippen LogP contribution is 2.41. The second-order valence-corrected chi connectivity index (χ2v) is 14.5. The van der Waals surface area contributed by atoms with Crippen molar-refractivity contribution in [3.05, 3.63) is 205 Å². The summed E-state index contributed by atoms with van der Waals surface area (Å²) in [5.41, 5.74) is 11.6. The Kier molecular flexibility index (Phi) is 8.26. The molecule has 0 N–H and O–H groups in total. The fourth-order valence-corrected chi connectivity index (χ4v) is 8.44. The van der Waals surface area contributed by atoms with E-state index in [1.807, 2.05) is 0 Å². The van der Waals surface area contributed by atoms with Gasteiger partial charge in [-0.15, -0.1) is 0 Å². The summed E-state index contributed by atoms with van der Waals surface area (Å²) in [4.78, 5) is 11.3. The lowest BCUT2D eigenvalue weighted by Gasteiger charge is -2.31. The minimum Gasteiger partial charge on any atom is -0.297 e. The largest absolute Gasteiger partial charge is 0.297 e. The maximum Gasteiger partial charge on any atom is 0.157 e. The molecule has 2 atom stereocenters. The SMILES string of the molecule is CCC1C(n2c3ccccc3c3ccccc32)=NC(c2cccc(-c3ccc4ccccc4c3)c2)=NC1c1cc(-c2ccccc2)cc(-c2ccccc2)c1. The van der Waals surface area contributed by atoms with Gasteiger partial charge in [-0.2, -0.15) is 0 Å². The van der Waals surface area contributed by atoms with Crippen LogP contribution in [0.5, 0.6) is 0 Å². The van der Waals surface area contributed by atoms with Gasteiger partial charge in [0.05, 0.1) is 17.1 Å². The predicted molar refractivity (Wildman–Crippen MR) is 232 cm³/mol. The van der Waals surface area contributed by atoms with Crippen molar-refractivity contribution in [1.29, 1.82) is 0 Å². The Morgan fingerprint density at radius 1 is 0.436 bits per heavy atom. The number of rotatable bonds is 6. The van der Waals surface area contributed by atoms with Gasteiger partial charge in [-0.25, -0.2) is 4.99 Å². The molecule has 0 amide bonds. The Bertz CT molecular complexity index is 2810. The summed E-state index contributed by atoms with van der Waals surface area (Å²) in [7, 11) is 0. The Hall–Kier alpha value is -6.84. The van der Waals surface area contributed by atoms with Gasteiger partial charge in [-0.1, -0.05) is 159 Å². The van der Waals surface area contributed by atoms with Gasteiger partial charge in [-0.05, 0) is 98.6 Å². The molecule has 0 saturated carbocycles. The fraction of sp³-hybridized carbons (Fsp3) is 0.0769. The van der Waals surface area contributed by atoms with Gasteiger partial charge in [0.2, 0.25) is 0 Å². The van der Waals surface area contributed by atoms with Gasteiger partial charge in [0.15, 0.2) is 5.84 Å². The maximum atomic E-state index is 5.66. The average molecular weight is 706 g/mol. The molecule has 0 saturated heterocycles. The number of amidine groups is 1. The zero-order valence-electron chi connectivity index (χ0n) is 30.7. The average Bonchev–Trinajstić information content (AvgIpc) is 3.60. The summed E-state index contributed by atoms with van der Waals surface area (Å²) in [5, 5.41) is 4.92. The lowest BCUT2D eigenvalue weighted by atomic mass is 9.85. The molecule has 0 radical (unpaired) electrons. The van der Waals surface area contributed by atoms with Crippen molar-refractivity contribution in [3.8, 4) is 33.4 Å².